The minimum Gasteiger partial charge on any atom is -0.480 e. The van der Waals surface area contributed by atoms with Crippen LogP contribution in [0.2, 0.25) is 5.02 Å². The molecule has 3 aliphatic heterocycles. The predicted molar refractivity (Wildman–Crippen MR) is 331 cm³/mol. The number of carboxylic acid groups (broad SMARTS) is 3. The summed E-state index contributed by atoms with van der Waals surface area (Å²) in [5.74, 6) is -2.18. The molecule has 0 aliphatic carbocycles. The van der Waals surface area contributed by atoms with E-state index in [1.807, 2.05) is 138 Å². The number of sulfone groups is 3. The fourth-order valence-electron chi connectivity index (χ4n) is 12.3. The largest absolute Gasteiger partial charge is 0.480 e. The molecule has 0 unspecified atom stereocenters. The average molecular weight is 1280 g/mol. The number of aryl methyl sites for hydroxylation is 3. The molecule has 13 rings (SSSR count). The van der Waals surface area contributed by atoms with Crippen molar-refractivity contribution >= 4 is 108 Å². The second-order valence-electron chi connectivity index (χ2n) is 21.7. The van der Waals surface area contributed by atoms with Crippen molar-refractivity contribution in [2.45, 2.75) is 86.7 Å². The molecule has 3 N–H and O–H groups in total. The van der Waals surface area contributed by atoms with Crippen molar-refractivity contribution in [2.24, 2.45) is 0 Å². The summed E-state index contributed by atoms with van der Waals surface area (Å²) in [6.45, 7) is 3.48. The molecule has 85 heavy (non-hydrogen) atoms. The summed E-state index contributed by atoms with van der Waals surface area (Å²) in [6.07, 6.45) is 3.45. The van der Waals surface area contributed by atoms with E-state index in [0.717, 1.165) is 110 Å². The van der Waals surface area contributed by atoms with Crippen LogP contribution >= 0.6 is 27.5 Å². The Morgan fingerprint density at radius 2 is 0.882 bits per heavy atom. The maximum atomic E-state index is 12.2. The average Bonchev–Trinajstić information content (AvgIpc) is 2.47. The number of carbonyl (C=O) groups is 3. The first-order valence-electron chi connectivity index (χ1n) is 27.4. The Morgan fingerprint density at radius 3 is 1.39 bits per heavy atom. The molecule has 6 heterocycles. The smallest absolute Gasteiger partial charge is 0.323 e. The van der Waals surface area contributed by atoms with Crippen LogP contribution in [0.5, 0.6) is 0 Å². The molecular formula is C65H57BrClN3O12S3. The standard InChI is InChI=1S/C25H21NO4S.C20H18BrNO4S.C20H18ClNO4S/c27-24(28)16-26-22-9-5-4-8-20(22)21(25(26)18-6-2-1-3-7-18)15-17-10-11-23-19(14-17)12-13-31(23,29)30;1-12-16(9-13-2-5-19-14(8-13)6-7-27(19,25)26)17-10-15(21)3-4-18(17)22(12)11-20(23)24;1-12-17(9-13-2-5-19-14(8-13)6-7-27(19,25)26)16-4-3-15(21)10-18(16)22(12)11-20(23)24/h1-11,14H,12-13,15-16H2,(H,27,28);2*2-5,8,10H,6-7,9,11H2,1H3,(H,23,24). The van der Waals surface area contributed by atoms with Gasteiger partial charge < -0.3 is 29.0 Å². The van der Waals surface area contributed by atoms with E-state index in [9.17, 15) is 55.0 Å². The van der Waals surface area contributed by atoms with Gasteiger partial charge >= 0.3 is 17.9 Å². The van der Waals surface area contributed by atoms with Crippen LogP contribution in [-0.4, -0.2) is 89.4 Å². The highest BCUT2D eigenvalue weighted by Gasteiger charge is 2.30. The molecule has 0 fully saturated rings. The number of nitrogens with zero attached hydrogens (tertiary/aromatic N) is 3. The van der Waals surface area contributed by atoms with Crippen molar-refractivity contribution in [3.63, 3.8) is 0 Å². The molecule has 0 atom stereocenters. The highest BCUT2D eigenvalue weighted by molar-refractivity contribution is 9.10. The van der Waals surface area contributed by atoms with Crippen LogP contribution in [0.25, 0.3) is 44.0 Å². The Labute approximate surface area is 504 Å². The Balaban J connectivity index is 0.000000133. The van der Waals surface area contributed by atoms with Crippen LogP contribution in [0.15, 0.2) is 165 Å². The van der Waals surface area contributed by atoms with Crippen molar-refractivity contribution in [1.82, 2.24) is 13.7 Å². The third-order valence-corrected chi connectivity index (χ3v) is 22.4. The molecule has 15 nitrogen and oxygen atoms in total. The van der Waals surface area contributed by atoms with Gasteiger partial charge in [-0.15, -0.1) is 0 Å². The van der Waals surface area contributed by atoms with Gasteiger partial charge in [0.05, 0.1) is 43.2 Å². The number of para-hydroxylation sites is 1. The van der Waals surface area contributed by atoms with Gasteiger partial charge in [-0.05, 0) is 156 Å². The van der Waals surface area contributed by atoms with Crippen LogP contribution in [0.1, 0.15) is 61.5 Å². The summed E-state index contributed by atoms with van der Waals surface area (Å²) in [5, 5.41) is 31.7. The molecule has 0 saturated carbocycles. The number of aromatic nitrogens is 3. The number of benzene rings is 7. The lowest BCUT2D eigenvalue weighted by Crippen LogP contribution is -2.10. The number of hydrogen-bond donors (Lipinski definition) is 3. The van der Waals surface area contributed by atoms with Crippen molar-refractivity contribution in [3.8, 4) is 11.3 Å². The number of halogens is 2. The van der Waals surface area contributed by atoms with Crippen LogP contribution in [0, 0.1) is 13.8 Å². The minimum atomic E-state index is -3.16. The minimum absolute atomic E-state index is 0.0909. The van der Waals surface area contributed by atoms with Gasteiger partial charge in [0.25, 0.3) is 0 Å². The third kappa shape index (κ3) is 11.8. The lowest BCUT2D eigenvalue weighted by molar-refractivity contribution is -0.138. The molecule has 0 bridgehead atoms. The highest BCUT2D eigenvalue weighted by Crippen LogP contribution is 2.38. The zero-order valence-corrected chi connectivity index (χ0v) is 51.0. The molecule has 0 saturated heterocycles. The summed E-state index contributed by atoms with van der Waals surface area (Å²) >= 11 is 9.62. The van der Waals surface area contributed by atoms with Crippen molar-refractivity contribution in [2.75, 3.05) is 17.3 Å². The van der Waals surface area contributed by atoms with Crippen molar-refractivity contribution in [1.29, 1.82) is 0 Å². The van der Waals surface area contributed by atoms with E-state index in [-0.39, 0.29) is 36.9 Å². The Hall–Kier alpha value is -7.81. The second kappa shape index (κ2) is 23.2. The summed E-state index contributed by atoms with van der Waals surface area (Å²) in [7, 11) is -9.42. The molecule has 0 amide bonds. The van der Waals surface area contributed by atoms with Crippen LogP contribution in [-0.2, 0) is 102 Å². The topological polar surface area (TPSA) is 229 Å². The molecule has 436 valence electrons. The van der Waals surface area contributed by atoms with Crippen LogP contribution < -0.4 is 0 Å². The SMILES string of the molecule is Cc1c(Cc2ccc3c(c2)CCS3(=O)=O)c2cc(Br)ccc2n1CC(=O)O.Cc1c(Cc2ccc3c(c2)CCS3(=O)=O)c2ccc(Cl)cc2n1CC(=O)O.O=C(O)Cn1c(-c2ccccc2)c(Cc2ccc3c(c2)CCS3(=O)=O)c2ccccc21. The number of fused-ring (bicyclic) bond motifs is 6. The van der Waals surface area contributed by atoms with Gasteiger partial charge in [0.2, 0.25) is 0 Å². The number of rotatable bonds is 13. The highest BCUT2D eigenvalue weighted by atomic mass is 79.9. The molecule has 3 aliphatic rings. The first-order chi connectivity index (χ1) is 40.5. The maximum absolute atomic E-state index is 12.2. The maximum Gasteiger partial charge on any atom is 0.323 e. The lowest BCUT2D eigenvalue weighted by atomic mass is 9.97. The molecular weight excluding hydrogens is 1230 g/mol. The van der Waals surface area contributed by atoms with E-state index < -0.39 is 47.4 Å². The van der Waals surface area contributed by atoms with Crippen LogP contribution in [0.4, 0.5) is 0 Å². The van der Waals surface area contributed by atoms with Gasteiger partial charge in [0.15, 0.2) is 29.5 Å². The first kappa shape index (κ1) is 58.9. The van der Waals surface area contributed by atoms with Gasteiger partial charge in [-0.25, -0.2) is 25.3 Å². The number of hydrogen-bond acceptors (Lipinski definition) is 9. The fourth-order valence-corrected chi connectivity index (χ4v) is 17.5. The van der Waals surface area contributed by atoms with E-state index in [4.69, 9.17) is 11.6 Å². The van der Waals surface area contributed by atoms with Gasteiger partial charge in [-0.1, -0.05) is 119 Å². The summed E-state index contributed by atoms with van der Waals surface area (Å²) in [4.78, 5) is 35.6. The Bertz CT molecular complexity index is 4760. The fraction of sp³-hybridized carbons (Fsp3) is 0.215. The molecule has 20 heteroatoms. The monoisotopic (exact) mass is 1280 g/mol. The van der Waals surface area contributed by atoms with E-state index >= 15 is 0 Å². The lowest BCUT2D eigenvalue weighted by Gasteiger charge is -2.12. The number of aliphatic carboxylic acids is 3. The van der Waals surface area contributed by atoms with Crippen molar-refractivity contribution < 1.29 is 55.0 Å². The van der Waals surface area contributed by atoms with Crippen molar-refractivity contribution in [3.05, 3.63) is 217 Å². The van der Waals surface area contributed by atoms with Gasteiger partial charge in [0, 0.05) is 54.5 Å². The number of carboxylic acids is 3. The van der Waals surface area contributed by atoms with Gasteiger partial charge in [-0.3, -0.25) is 14.4 Å². The molecule has 0 spiro atoms. The third-order valence-electron chi connectivity index (χ3n) is 16.3. The summed E-state index contributed by atoms with van der Waals surface area (Å²) in [6, 6.07) is 45.6. The molecule has 7 aromatic carbocycles. The quantitative estimate of drug-likeness (QED) is 0.0979. The van der Waals surface area contributed by atoms with Crippen LogP contribution in [0.3, 0.4) is 0 Å². The van der Waals surface area contributed by atoms with E-state index in [2.05, 4.69) is 15.9 Å². The predicted octanol–water partition coefficient (Wildman–Crippen LogP) is 11.6. The first-order valence-corrected chi connectivity index (χ1v) is 33.5. The molecule has 10 aromatic rings. The normalized spacial score (nSPS) is 15.0. The second-order valence-corrected chi connectivity index (χ2v) is 29.2. The van der Waals surface area contributed by atoms with E-state index in [1.54, 1.807) is 34.9 Å². The zero-order chi connectivity index (χ0) is 60.3. The van der Waals surface area contributed by atoms with Gasteiger partial charge in [-0.2, -0.15) is 0 Å². The molecule has 3 aromatic heterocycles. The van der Waals surface area contributed by atoms with E-state index in [0.29, 0.717) is 58.2 Å². The van der Waals surface area contributed by atoms with Gasteiger partial charge in [0.1, 0.15) is 19.6 Å². The summed E-state index contributed by atoms with van der Waals surface area (Å²) in [5.41, 5.74) is 15.0. The Kier molecular flexibility index (Phi) is 16.1. The summed E-state index contributed by atoms with van der Waals surface area (Å²) < 4.78 is 78.8. The zero-order valence-electron chi connectivity index (χ0n) is 46.2. The Morgan fingerprint density at radius 1 is 0.459 bits per heavy atom. The molecule has 0 radical (unpaired) electrons. The van der Waals surface area contributed by atoms with E-state index in [1.165, 1.54) is 0 Å².